The Morgan fingerprint density at radius 3 is 1.90 bits per heavy atom. The molecular weight excluding hydrogens is 300 g/mol. The van der Waals surface area contributed by atoms with E-state index >= 15 is 0 Å². The monoisotopic (exact) mass is 312 g/mol. The van der Waals surface area contributed by atoms with Crippen LogP contribution < -0.4 is 0 Å². The lowest BCUT2D eigenvalue weighted by atomic mass is 10.1. The lowest BCUT2D eigenvalue weighted by Gasteiger charge is -2.28. The highest BCUT2D eigenvalue weighted by atomic mass is 19.4. The smallest absolute Gasteiger partial charge is 0.204 e. The highest BCUT2D eigenvalue weighted by Gasteiger charge is 2.55. The molecule has 0 aliphatic heterocycles. The first-order chi connectivity index (χ1) is 9.41. The van der Waals surface area contributed by atoms with E-state index in [-0.39, 0.29) is 5.56 Å². The van der Waals surface area contributed by atoms with Crippen molar-refractivity contribution in [1.29, 1.82) is 0 Å². The van der Waals surface area contributed by atoms with Gasteiger partial charge in [-0.05, 0) is 24.3 Å². The lowest BCUT2D eigenvalue weighted by Crippen LogP contribution is -2.50. The van der Waals surface area contributed by atoms with Crippen LogP contribution in [0.2, 0.25) is 0 Å². The van der Waals surface area contributed by atoms with Crippen LogP contribution in [0.3, 0.4) is 0 Å². The Labute approximate surface area is 116 Å². The van der Waals surface area contributed by atoms with Crippen molar-refractivity contribution >= 4 is 5.70 Å². The predicted molar refractivity (Wildman–Crippen MR) is 63.6 cm³/mol. The quantitative estimate of drug-likeness (QED) is 0.285. The fourth-order valence-corrected chi connectivity index (χ4v) is 1.57. The van der Waals surface area contributed by atoms with Crippen LogP contribution in [0.4, 0.5) is 26.3 Å². The van der Waals surface area contributed by atoms with Gasteiger partial charge in [0.05, 0.1) is 5.56 Å². The lowest BCUT2D eigenvalue weighted by molar-refractivity contribution is -1.11. The second-order valence-corrected chi connectivity index (χ2v) is 4.29. The van der Waals surface area contributed by atoms with Crippen molar-refractivity contribution in [2.75, 3.05) is 7.05 Å². The molecule has 0 bridgehead atoms. The SMILES string of the molecule is C=C/C=C(/c1ccc(C(F)(F)F)cc1)[N+](C)(O)C(F)(F)F. The zero-order valence-corrected chi connectivity index (χ0v) is 10.8. The number of halogens is 6. The Hall–Kier alpha value is -1.80. The van der Waals surface area contributed by atoms with Gasteiger partial charge in [0.15, 0.2) is 5.70 Å². The summed E-state index contributed by atoms with van der Waals surface area (Å²) in [5, 5.41) is 9.60. The fourth-order valence-electron chi connectivity index (χ4n) is 1.57. The van der Waals surface area contributed by atoms with E-state index in [1.54, 1.807) is 0 Å². The Kier molecular flexibility index (Phi) is 4.54. The molecule has 1 atom stereocenters. The number of benzene rings is 1. The number of hydroxylamine groups is 3. The molecule has 1 aromatic carbocycles. The van der Waals surface area contributed by atoms with Gasteiger partial charge in [0.25, 0.3) is 0 Å². The Balaban J connectivity index is 3.33. The van der Waals surface area contributed by atoms with E-state index < -0.39 is 28.4 Å². The summed E-state index contributed by atoms with van der Waals surface area (Å²) in [7, 11) is 0.465. The number of rotatable bonds is 3. The summed E-state index contributed by atoms with van der Waals surface area (Å²) in [6.07, 6.45) is -7.75. The molecule has 0 saturated heterocycles. The van der Waals surface area contributed by atoms with Gasteiger partial charge < -0.3 is 0 Å². The Bertz CT molecular complexity index is 539. The van der Waals surface area contributed by atoms with Crippen molar-refractivity contribution in [1.82, 2.24) is 0 Å². The van der Waals surface area contributed by atoms with Crippen molar-refractivity contribution in [2.45, 2.75) is 12.5 Å². The summed E-state index contributed by atoms with van der Waals surface area (Å²) in [5.74, 6) is 0. The van der Waals surface area contributed by atoms with E-state index in [9.17, 15) is 31.5 Å². The minimum absolute atomic E-state index is 0.203. The van der Waals surface area contributed by atoms with E-state index in [2.05, 4.69) is 6.58 Å². The molecule has 2 nitrogen and oxygen atoms in total. The molecule has 0 aliphatic carbocycles. The van der Waals surface area contributed by atoms with Gasteiger partial charge in [0.2, 0.25) is 0 Å². The molecule has 0 fully saturated rings. The van der Waals surface area contributed by atoms with E-state index in [4.69, 9.17) is 0 Å². The molecule has 0 radical (unpaired) electrons. The van der Waals surface area contributed by atoms with Crippen LogP contribution in [-0.2, 0) is 6.18 Å². The number of hydrogen-bond acceptors (Lipinski definition) is 1. The van der Waals surface area contributed by atoms with Crippen molar-refractivity contribution in [3.8, 4) is 0 Å². The molecule has 0 aromatic heterocycles. The van der Waals surface area contributed by atoms with Gasteiger partial charge in [0.1, 0.15) is 7.05 Å². The molecule has 0 aliphatic rings. The molecule has 1 N–H and O–H groups in total. The van der Waals surface area contributed by atoms with Crippen molar-refractivity contribution in [3.63, 3.8) is 0 Å². The topological polar surface area (TPSA) is 20.2 Å². The highest BCUT2D eigenvalue weighted by molar-refractivity contribution is 5.61. The Morgan fingerprint density at radius 1 is 1.10 bits per heavy atom. The second-order valence-electron chi connectivity index (χ2n) is 4.29. The number of quaternary nitrogens is 1. The molecule has 8 heteroatoms. The second kappa shape index (κ2) is 5.53. The summed E-state index contributed by atoms with van der Waals surface area (Å²) >= 11 is 0. The van der Waals surface area contributed by atoms with Crippen LogP contribution in [0.1, 0.15) is 11.1 Å². The summed E-state index contributed by atoms with van der Waals surface area (Å²) in [4.78, 5) is 0. The highest BCUT2D eigenvalue weighted by Crippen LogP contribution is 2.37. The van der Waals surface area contributed by atoms with Crippen molar-refractivity contribution in [3.05, 3.63) is 54.1 Å². The minimum Gasteiger partial charge on any atom is -0.204 e. The third-order valence-corrected chi connectivity index (χ3v) is 2.75. The zero-order valence-electron chi connectivity index (χ0n) is 10.8. The van der Waals surface area contributed by atoms with Crippen LogP contribution in [0.15, 0.2) is 43.0 Å². The summed E-state index contributed by atoms with van der Waals surface area (Å²) in [6.45, 7) is 3.23. The number of nitrogens with zero attached hydrogens (tertiary/aromatic N) is 1. The molecule has 1 aromatic rings. The summed E-state index contributed by atoms with van der Waals surface area (Å²) < 4.78 is 73.3. The van der Waals surface area contributed by atoms with Crippen molar-refractivity contribution in [2.24, 2.45) is 0 Å². The minimum atomic E-state index is -5.04. The fraction of sp³-hybridized carbons (Fsp3) is 0.231. The first-order valence-corrected chi connectivity index (χ1v) is 5.58. The van der Waals surface area contributed by atoms with Gasteiger partial charge >= 0.3 is 12.5 Å². The first-order valence-electron chi connectivity index (χ1n) is 5.58. The maximum atomic E-state index is 12.8. The molecule has 116 valence electrons. The molecule has 21 heavy (non-hydrogen) atoms. The zero-order chi connectivity index (χ0) is 16.5. The molecule has 0 spiro atoms. The summed E-state index contributed by atoms with van der Waals surface area (Å²) in [5.41, 5.74) is -1.85. The molecule has 0 saturated carbocycles. The number of allylic oxidation sites excluding steroid dienone is 2. The van der Waals surface area contributed by atoms with Gasteiger partial charge in [-0.25, -0.2) is 5.21 Å². The van der Waals surface area contributed by atoms with Crippen molar-refractivity contribution < 1.29 is 36.2 Å². The molecular formula is C13H12F6NO+. The summed E-state index contributed by atoms with van der Waals surface area (Å²) in [6, 6.07) is 3.00. The van der Waals surface area contributed by atoms with Crippen LogP contribution in [0, 0.1) is 0 Å². The maximum absolute atomic E-state index is 12.8. The average molecular weight is 312 g/mol. The van der Waals surface area contributed by atoms with E-state index in [0.29, 0.717) is 19.2 Å². The van der Waals surface area contributed by atoms with E-state index in [0.717, 1.165) is 24.3 Å². The normalized spacial score (nSPS) is 16.5. The van der Waals surface area contributed by atoms with E-state index in [1.165, 1.54) is 0 Å². The van der Waals surface area contributed by atoms with E-state index in [1.807, 2.05) is 0 Å². The van der Waals surface area contributed by atoms with Gasteiger partial charge in [-0.3, -0.25) is 0 Å². The maximum Gasteiger partial charge on any atom is 0.597 e. The molecule has 0 heterocycles. The molecule has 0 amide bonds. The molecule has 1 unspecified atom stereocenters. The van der Waals surface area contributed by atoms with Gasteiger partial charge in [-0.15, -0.1) is 13.2 Å². The molecule has 1 rings (SSSR count). The largest absolute Gasteiger partial charge is 0.597 e. The first kappa shape index (κ1) is 17.3. The van der Waals surface area contributed by atoms with Gasteiger partial charge in [0, 0.05) is 11.6 Å². The number of hydrogen-bond donors (Lipinski definition) is 1. The Morgan fingerprint density at radius 2 is 1.57 bits per heavy atom. The van der Waals surface area contributed by atoms with Gasteiger partial charge in [-0.1, -0.05) is 17.3 Å². The van der Waals surface area contributed by atoms with Crippen LogP contribution in [0.5, 0.6) is 0 Å². The third kappa shape index (κ3) is 3.64. The predicted octanol–water partition coefficient (Wildman–Crippen LogP) is 4.59. The van der Waals surface area contributed by atoms with Gasteiger partial charge in [-0.2, -0.15) is 13.2 Å². The van der Waals surface area contributed by atoms with Crippen LogP contribution >= 0.6 is 0 Å². The number of alkyl halides is 6. The average Bonchev–Trinajstić information content (AvgIpc) is 2.33. The third-order valence-electron chi connectivity index (χ3n) is 2.75. The van der Waals surface area contributed by atoms with Crippen LogP contribution in [-0.4, -0.2) is 23.2 Å². The van der Waals surface area contributed by atoms with Crippen LogP contribution in [0.25, 0.3) is 5.70 Å². The standard InChI is InChI=1S/C13H12F6NO/c1-3-4-11(20(2,21)13(17,18)19)9-5-7-10(8-6-9)12(14,15)16/h3-8,21H,1H2,2H3/q+1/b11-4-.